The third-order valence-corrected chi connectivity index (χ3v) is 3.06. The Labute approximate surface area is 105 Å². The van der Waals surface area contributed by atoms with Crippen molar-refractivity contribution in [3.8, 4) is 17.1 Å². The van der Waals surface area contributed by atoms with Crippen molar-refractivity contribution in [1.29, 1.82) is 0 Å². The van der Waals surface area contributed by atoms with E-state index in [2.05, 4.69) is 9.97 Å². The van der Waals surface area contributed by atoms with Crippen LogP contribution in [-0.2, 0) is 0 Å². The molecule has 0 saturated heterocycles. The molecule has 3 nitrogen and oxygen atoms in total. The Hall–Kier alpha value is -2.29. The molecule has 1 heterocycles. The fourth-order valence-electron chi connectivity index (χ4n) is 2.19. The number of H-pyrrole nitrogens is 1. The van der Waals surface area contributed by atoms with Crippen LogP contribution in [0.15, 0.2) is 42.5 Å². The molecule has 0 aliphatic heterocycles. The van der Waals surface area contributed by atoms with Crippen molar-refractivity contribution in [1.82, 2.24) is 9.97 Å². The largest absolute Gasteiger partial charge is 0.496 e. The van der Waals surface area contributed by atoms with Crippen molar-refractivity contribution in [2.75, 3.05) is 7.11 Å². The number of nitrogens with one attached hydrogen (secondary N) is 1. The fraction of sp³-hybridized carbons (Fsp3) is 0.133. The lowest BCUT2D eigenvalue weighted by Gasteiger charge is -2.08. The second-order valence-electron chi connectivity index (χ2n) is 4.26. The molecule has 0 atom stereocenters. The summed E-state index contributed by atoms with van der Waals surface area (Å²) >= 11 is 0. The molecule has 0 aliphatic carbocycles. The predicted octanol–water partition coefficient (Wildman–Crippen LogP) is 3.55. The molecule has 0 saturated carbocycles. The molecule has 90 valence electrons. The number of para-hydroxylation sites is 3. The van der Waals surface area contributed by atoms with E-state index >= 15 is 0 Å². The SMILES string of the molecule is COc1c(C)cccc1-c1nc2ccccc2[nH]1. The van der Waals surface area contributed by atoms with Crippen LogP contribution in [0.1, 0.15) is 5.56 Å². The van der Waals surface area contributed by atoms with Crippen molar-refractivity contribution in [3.63, 3.8) is 0 Å². The summed E-state index contributed by atoms with van der Waals surface area (Å²) < 4.78 is 5.47. The van der Waals surface area contributed by atoms with E-state index in [1.165, 1.54) is 0 Å². The van der Waals surface area contributed by atoms with Crippen LogP contribution in [0.25, 0.3) is 22.4 Å². The topological polar surface area (TPSA) is 37.9 Å². The van der Waals surface area contributed by atoms with E-state index in [0.29, 0.717) is 0 Å². The Kier molecular flexibility index (Phi) is 2.52. The summed E-state index contributed by atoms with van der Waals surface area (Å²) in [6.07, 6.45) is 0. The molecule has 0 unspecified atom stereocenters. The highest BCUT2D eigenvalue weighted by Gasteiger charge is 2.11. The van der Waals surface area contributed by atoms with Gasteiger partial charge in [0.25, 0.3) is 0 Å². The van der Waals surface area contributed by atoms with E-state index in [0.717, 1.165) is 33.7 Å². The molecular formula is C15H14N2O. The standard InChI is InChI=1S/C15H14N2O/c1-10-6-5-7-11(14(10)18-2)15-16-12-8-3-4-9-13(12)17-15/h3-9H,1-2H3,(H,16,17). The van der Waals surface area contributed by atoms with Crippen LogP contribution in [0.2, 0.25) is 0 Å². The van der Waals surface area contributed by atoms with Crippen molar-refractivity contribution in [2.24, 2.45) is 0 Å². The maximum absolute atomic E-state index is 5.47. The Morgan fingerprint density at radius 1 is 1.06 bits per heavy atom. The summed E-state index contributed by atoms with van der Waals surface area (Å²) in [4.78, 5) is 7.92. The highest BCUT2D eigenvalue weighted by Crippen LogP contribution is 2.31. The van der Waals surface area contributed by atoms with E-state index in [-0.39, 0.29) is 0 Å². The Bertz CT molecular complexity index is 668. The van der Waals surface area contributed by atoms with Crippen molar-refractivity contribution in [2.45, 2.75) is 6.92 Å². The minimum atomic E-state index is 0.844. The molecule has 0 fully saturated rings. The molecule has 1 N–H and O–H groups in total. The number of nitrogens with zero attached hydrogens (tertiary/aromatic N) is 1. The molecule has 0 aliphatic rings. The summed E-state index contributed by atoms with van der Waals surface area (Å²) in [6.45, 7) is 2.03. The molecule has 1 aromatic heterocycles. The Morgan fingerprint density at radius 3 is 2.67 bits per heavy atom. The number of aromatic nitrogens is 2. The predicted molar refractivity (Wildman–Crippen MR) is 72.8 cm³/mol. The number of aryl methyl sites for hydroxylation is 1. The average molecular weight is 238 g/mol. The molecule has 3 heteroatoms. The Balaban J connectivity index is 2.23. The zero-order valence-corrected chi connectivity index (χ0v) is 10.4. The van der Waals surface area contributed by atoms with E-state index in [4.69, 9.17) is 4.74 Å². The number of rotatable bonds is 2. The van der Waals surface area contributed by atoms with Gasteiger partial charge in [-0.2, -0.15) is 0 Å². The first-order valence-corrected chi connectivity index (χ1v) is 5.88. The maximum atomic E-state index is 5.47. The molecule has 3 aromatic rings. The minimum Gasteiger partial charge on any atom is -0.496 e. The summed E-state index contributed by atoms with van der Waals surface area (Å²) in [6, 6.07) is 14.1. The molecule has 0 amide bonds. The first kappa shape index (κ1) is 10.8. The second kappa shape index (κ2) is 4.18. The molecule has 3 rings (SSSR count). The summed E-state index contributed by atoms with van der Waals surface area (Å²) in [7, 11) is 1.69. The van der Waals surface area contributed by atoms with Gasteiger partial charge in [-0.1, -0.05) is 24.3 Å². The van der Waals surface area contributed by atoms with Crippen LogP contribution in [0.4, 0.5) is 0 Å². The van der Waals surface area contributed by atoms with Gasteiger partial charge in [-0.3, -0.25) is 0 Å². The number of hydrogen-bond acceptors (Lipinski definition) is 2. The quantitative estimate of drug-likeness (QED) is 0.741. The average Bonchev–Trinajstić information content (AvgIpc) is 2.82. The van der Waals surface area contributed by atoms with Crippen LogP contribution in [0.5, 0.6) is 5.75 Å². The van der Waals surface area contributed by atoms with E-state index < -0.39 is 0 Å². The zero-order valence-electron chi connectivity index (χ0n) is 10.4. The fourth-order valence-corrected chi connectivity index (χ4v) is 2.19. The van der Waals surface area contributed by atoms with Crippen LogP contribution in [0.3, 0.4) is 0 Å². The number of fused-ring (bicyclic) bond motifs is 1. The summed E-state index contributed by atoms with van der Waals surface area (Å²) in [5.41, 5.74) is 4.11. The van der Waals surface area contributed by atoms with Crippen LogP contribution in [-0.4, -0.2) is 17.1 Å². The Morgan fingerprint density at radius 2 is 1.89 bits per heavy atom. The molecular weight excluding hydrogens is 224 g/mol. The van der Waals surface area contributed by atoms with Gasteiger partial charge in [-0.15, -0.1) is 0 Å². The summed E-state index contributed by atoms with van der Waals surface area (Å²) in [5.74, 6) is 1.72. The number of hydrogen-bond donors (Lipinski definition) is 1. The normalized spacial score (nSPS) is 10.8. The number of methoxy groups -OCH3 is 1. The van der Waals surface area contributed by atoms with Gasteiger partial charge < -0.3 is 9.72 Å². The second-order valence-corrected chi connectivity index (χ2v) is 4.26. The smallest absolute Gasteiger partial charge is 0.142 e. The van der Waals surface area contributed by atoms with E-state index in [1.54, 1.807) is 7.11 Å². The molecule has 0 spiro atoms. The van der Waals surface area contributed by atoms with Gasteiger partial charge in [0.15, 0.2) is 0 Å². The van der Waals surface area contributed by atoms with Gasteiger partial charge in [0, 0.05) is 0 Å². The van der Waals surface area contributed by atoms with Gasteiger partial charge in [0.2, 0.25) is 0 Å². The lowest BCUT2D eigenvalue weighted by atomic mass is 10.1. The van der Waals surface area contributed by atoms with Gasteiger partial charge >= 0.3 is 0 Å². The number of imidazole rings is 1. The van der Waals surface area contributed by atoms with Gasteiger partial charge in [0.05, 0.1) is 23.7 Å². The first-order valence-electron chi connectivity index (χ1n) is 5.88. The van der Waals surface area contributed by atoms with Crippen molar-refractivity contribution in [3.05, 3.63) is 48.0 Å². The molecule has 0 bridgehead atoms. The van der Waals surface area contributed by atoms with Crippen LogP contribution >= 0.6 is 0 Å². The van der Waals surface area contributed by atoms with Crippen LogP contribution in [0, 0.1) is 6.92 Å². The number of benzene rings is 2. The summed E-state index contributed by atoms with van der Waals surface area (Å²) in [5, 5.41) is 0. The minimum absolute atomic E-state index is 0.844. The van der Waals surface area contributed by atoms with Gasteiger partial charge in [0.1, 0.15) is 11.6 Å². The van der Waals surface area contributed by atoms with Gasteiger partial charge in [-0.05, 0) is 30.7 Å². The molecule has 18 heavy (non-hydrogen) atoms. The third-order valence-electron chi connectivity index (χ3n) is 3.06. The molecule has 2 aromatic carbocycles. The maximum Gasteiger partial charge on any atom is 0.142 e. The number of ether oxygens (including phenoxy) is 1. The lowest BCUT2D eigenvalue weighted by Crippen LogP contribution is -1.92. The number of aromatic amines is 1. The van der Waals surface area contributed by atoms with E-state index in [1.807, 2.05) is 49.4 Å². The van der Waals surface area contributed by atoms with E-state index in [9.17, 15) is 0 Å². The van der Waals surface area contributed by atoms with Crippen molar-refractivity contribution >= 4 is 11.0 Å². The highest BCUT2D eigenvalue weighted by atomic mass is 16.5. The monoisotopic (exact) mass is 238 g/mol. The highest BCUT2D eigenvalue weighted by molar-refractivity contribution is 5.80. The lowest BCUT2D eigenvalue weighted by molar-refractivity contribution is 0.413. The molecule has 0 radical (unpaired) electrons. The van der Waals surface area contributed by atoms with Crippen LogP contribution < -0.4 is 4.74 Å². The van der Waals surface area contributed by atoms with Crippen molar-refractivity contribution < 1.29 is 4.74 Å². The van der Waals surface area contributed by atoms with Gasteiger partial charge in [-0.25, -0.2) is 4.98 Å². The zero-order chi connectivity index (χ0) is 12.5. The third kappa shape index (κ3) is 1.64. The first-order chi connectivity index (χ1) is 8.79.